The van der Waals surface area contributed by atoms with Crippen molar-refractivity contribution in [3.8, 4) is 0 Å². The predicted octanol–water partition coefficient (Wildman–Crippen LogP) is 2.07. The Morgan fingerprint density at radius 2 is 2.00 bits per heavy atom. The molecule has 2 aromatic rings. The molecule has 0 aliphatic heterocycles. The molecular formula is C14H20N4O2. The zero-order chi connectivity index (χ0) is 14.7. The maximum atomic E-state index is 10.9. The van der Waals surface area contributed by atoms with Gasteiger partial charge in [-0.2, -0.15) is 0 Å². The van der Waals surface area contributed by atoms with E-state index in [0.29, 0.717) is 0 Å². The van der Waals surface area contributed by atoms with Crippen molar-refractivity contribution in [1.82, 2.24) is 14.8 Å². The highest BCUT2D eigenvalue weighted by Crippen LogP contribution is 2.24. The van der Waals surface area contributed by atoms with E-state index < -0.39 is 0 Å². The van der Waals surface area contributed by atoms with Crippen LogP contribution < -0.4 is 0 Å². The van der Waals surface area contributed by atoms with E-state index in [1.165, 1.54) is 6.07 Å². The smallest absolute Gasteiger partial charge is 0.270 e. The maximum absolute atomic E-state index is 10.9. The second-order valence-electron chi connectivity index (χ2n) is 5.34. The van der Waals surface area contributed by atoms with Gasteiger partial charge in [-0.25, -0.2) is 0 Å². The number of aromatic nitrogens is 1. The molecule has 1 N–H and O–H groups in total. The fraction of sp³-hybridized carbons (Fsp3) is 0.429. The van der Waals surface area contributed by atoms with Gasteiger partial charge in [-0.3, -0.25) is 10.1 Å². The fourth-order valence-electron chi connectivity index (χ4n) is 2.15. The quantitative estimate of drug-likeness (QED) is 0.648. The van der Waals surface area contributed by atoms with E-state index in [0.717, 1.165) is 36.1 Å². The van der Waals surface area contributed by atoms with Gasteiger partial charge in [0, 0.05) is 48.9 Å². The zero-order valence-corrected chi connectivity index (χ0v) is 12.1. The molecule has 1 aromatic carbocycles. The Balaban J connectivity index is 2.17. The highest BCUT2D eigenvalue weighted by Gasteiger charge is 2.11. The lowest BCUT2D eigenvalue weighted by Crippen LogP contribution is -2.28. The number of nitro benzene ring substituents is 1. The van der Waals surface area contributed by atoms with Crippen molar-refractivity contribution in [1.29, 1.82) is 0 Å². The summed E-state index contributed by atoms with van der Waals surface area (Å²) in [5.41, 5.74) is 2.16. The summed E-state index contributed by atoms with van der Waals surface area (Å²) in [6, 6.07) is 4.93. The number of nitrogens with one attached hydrogen (secondary N) is 1. The molecule has 0 radical (unpaired) electrons. The average Bonchev–Trinajstić information content (AvgIpc) is 2.79. The molecule has 6 heteroatoms. The van der Waals surface area contributed by atoms with E-state index in [-0.39, 0.29) is 10.6 Å². The molecule has 2 rings (SSSR count). The topological polar surface area (TPSA) is 65.4 Å². The molecule has 20 heavy (non-hydrogen) atoms. The van der Waals surface area contributed by atoms with Crippen LogP contribution >= 0.6 is 0 Å². The highest BCUT2D eigenvalue weighted by atomic mass is 16.6. The Morgan fingerprint density at radius 1 is 1.25 bits per heavy atom. The fourth-order valence-corrected chi connectivity index (χ4v) is 2.15. The van der Waals surface area contributed by atoms with Crippen molar-refractivity contribution >= 4 is 16.6 Å². The largest absolute Gasteiger partial charge is 0.361 e. The maximum Gasteiger partial charge on any atom is 0.270 e. The summed E-state index contributed by atoms with van der Waals surface area (Å²) >= 11 is 0. The van der Waals surface area contributed by atoms with Gasteiger partial charge in [0.2, 0.25) is 0 Å². The molecule has 108 valence electrons. The molecule has 1 heterocycles. The van der Waals surface area contributed by atoms with E-state index in [4.69, 9.17) is 0 Å². The van der Waals surface area contributed by atoms with Crippen molar-refractivity contribution in [2.24, 2.45) is 0 Å². The number of hydrogen-bond donors (Lipinski definition) is 1. The van der Waals surface area contributed by atoms with E-state index in [9.17, 15) is 10.1 Å². The Hall–Kier alpha value is -1.92. The Bertz CT molecular complexity index is 606. The van der Waals surface area contributed by atoms with Crippen LogP contribution in [0.1, 0.15) is 5.56 Å². The third-order valence-corrected chi connectivity index (χ3v) is 3.33. The summed E-state index contributed by atoms with van der Waals surface area (Å²) in [5, 5.41) is 11.8. The molecule has 0 saturated carbocycles. The molecule has 0 amide bonds. The number of aromatic amines is 1. The number of rotatable bonds is 6. The lowest BCUT2D eigenvalue weighted by Gasteiger charge is -2.18. The Kier molecular flexibility index (Phi) is 4.36. The second-order valence-corrected chi connectivity index (χ2v) is 5.34. The van der Waals surface area contributed by atoms with Crippen LogP contribution in [0.3, 0.4) is 0 Å². The Labute approximate surface area is 118 Å². The van der Waals surface area contributed by atoms with E-state index in [1.54, 1.807) is 12.1 Å². The first kappa shape index (κ1) is 14.5. The average molecular weight is 276 g/mol. The van der Waals surface area contributed by atoms with Crippen molar-refractivity contribution in [2.45, 2.75) is 6.54 Å². The molecule has 0 atom stereocenters. The van der Waals surface area contributed by atoms with Crippen LogP contribution in [0.2, 0.25) is 0 Å². The lowest BCUT2D eigenvalue weighted by molar-refractivity contribution is -0.384. The first-order chi connectivity index (χ1) is 9.47. The van der Waals surface area contributed by atoms with Gasteiger partial charge in [0.1, 0.15) is 0 Å². The number of non-ortho nitro benzene ring substituents is 1. The van der Waals surface area contributed by atoms with Gasteiger partial charge in [0.15, 0.2) is 0 Å². The minimum Gasteiger partial charge on any atom is -0.361 e. The zero-order valence-electron chi connectivity index (χ0n) is 12.1. The number of hydrogen-bond acceptors (Lipinski definition) is 4. The normalized spacial score (nSPS) is 11.7. The lowest BCUT2D eigenvalue weighted by atomic mass is 10.1. The summed E-state index contributed by atoms with van der Waals surface area (Å²) in [5.74, 6) is 0. The monoisotopic (exact) mass is 276 g/mol. The van der Waals surface area contributed by atoms with Crippen molar-refractivity contribution < 1.29 is 4.92 Å². The molecule has 0 bridgehead atoms. The van der Waals surface area contributed by atoms with E-state index in [1.807, 2.05) is 20.3 Å². The predicted molar refractivity (Wildman–Crippen MR) is 79.8 cm³/mol. The van der Waals surface area contributed by atoms with E-state index >= 15 is 0 Å². The number of nitrogens with zero attached hydrogens (tertiary/aromatic N) is 3. The third-order valence-electron chi connectivity index (χ3n) is 3.33. The first-order valence-corrected chi connectivity index (χ1v) is 6.55. The summed E-state index contributed by atoms with van der Waals surface area (Å²) in [4.78, 5) is 18.0. The van der Waals surface area contributed by atoms with Gasteiger partial charge < -0.3 is 14.8 Å². The number of likely N-dealkylation sites (N-methyl/N-ethyl adjacent to an activating group) is 2. The molecule has 1 aromatic heterocycles. The second kappa shape index (κ2) is 6.02. The van der Waals surface area contributed by atoms with E-state index in [2.05, 4.69) is 21.8 Å². The highest BCUT2D eigenvalue weighted by molar-refractivity contribution is 5.85. The number of nitro groups is 1. The molecule has 0 aliphatic carbocycles. The number of H-pyrrole nitrogens is 1. The van der Waals surface area contributed by atoms with Gasteiger partial charge in [0.25, 0.3) is 5.69 Å². The molecule has 0 spiro atoms. The molecule has 0 fully saturated rings. The van der Waals surface area contributed by atoms with Crippen LogP contribution in [0.25, 0.3) is 10.9 Å². The molecule has 6 nitrogen and oxygen atoms in total. The van der Waals surface area contributed by atoms with Crippen molar-refractivity contribution in [3.63, 3.8) is 0 Å². The number of benzene rings is 1. The Morgan fingerprint density at radius 3 is 2.65 bits per heavy atom. The summed E-state index contributed by atoms with van der Waals surface area (Å²) in [7, 11) is 6.14. The SMILES string of the molecule is CN(C)CCN(C)Cc1c[nH]c2ccc([N+](=O)[O-])cc12. The summed E-state index contributed by atoms with van der Waals surface area (Å²) in [6.45, 7) is 2.71. The minimum atomic E-state index is -0.355. The first-order valence-electron chi connectivity index (χ1n) is 6.55. The molecule has 0 aliphatic rings. The van der Waals surface area contributed by atoms with Crippen LogP contribution in [-0.4, -0.2) is 53.9 Å². The third kappa shape index (κ3) is 3.34. The van der Waals surface area contributed by atoms with Gasteiger partial charge in [-0.05, 0) is 32.8 Å². The summed E-state index contributed by atoms with van der Waals surface area (Å²) < 4.78 is 0. The van der Waals surface area contributed by atoms with Gasteiger partial charge in [0.05, 0.1) is 4.92 Å². The van der Waals surface area contributed by atoms with Crippen LogP contribution in [0, 0.1) is 10.1 Å². The van der Waals surface area contributed by atoms with Gasteiger partial charge in [-0.1, -0.05) is 0 Å². The van der Waals surface area contributed by atoms with Crippen LogP contribution in [0.5, 0.6) is 0 Å². The van der Waals surface area contributed by atoms with Gasteiger partial charge in [-0.15, -0.1) is 0 Å². The molecular weight excluding hydrogens is 256 g/mol. The van der Waals surface area contributed by atoms with Crippen LogP contribution in [-0.2, 0) is 6.54 Å². The standard InChI is InChI=1S/C14H20N4O2/c1-16(2)6-7-17(3)10-11-9-15-14-5-4-12(18(19)20)8-13(11)14/h4-5,8-9,15H,6-7,10H2,1-3H3. The molecule has 0 saturated heterocycles. The summed E-state index contributed by atoms with van der Waals surface area (Å²) in [6.07, 6.45) is 1.93. The van der Waals surface area contributed by atoms with Crippen LogP contribution in [0.4, 0.5) is 5.69 Å². The van der Waals surface area contributed by atoms with Crippen molar-refractivity contribution in [3.05, 3.63) is 40.1 Å². The van der Waals surface area contributed by atoms with Gasteiger partial charge >= 0.3 is 0 Å². The number of fused-ring (bicyclic) bond motifs is 1. The van der Waals surface area contributed by atoms with Crippen LogP contribution in [0.15, 0.2) is 24.4 Å². The minimum absolute atomic E-state index is 0.134. The van der Waals surface area contributed by atoms with Crippen molar-refractivity contribution in [2.75, 3.05) is 34.2 Å². The molecule has 0 unspecified atom stereocenters.